The average Bonchev–Trinajstić information content (AvgIpc) is 2.31. The highest BCUT2D eigenvalue weighted by atomic mass is 16.3. The Morgan fingerprint density at radius 2 is 2.09 bits per heavy atom. The van der Waals surface area contributed by atoms with E-state index in [4.69, 9.17) is 0 Å². The maximum absolute atomic E-state index is 9.66. The van der Waals surface area contributed by atoms with Crippen molar-refractivity contribution in [3.63, 3.8) is 0 Å². The molecule has 11 heavy (non-hydrogen) atoms. The van der Waals surface area contributed by atoms with Crippen molar-refractivity contribution in [3.8, 4) is 0 Å². The summed E-state index contributed by atoms with van der Waals surface area (Å²) in [4.78, 5) is 1.36. The van der Waals surface area contributed by atoms with E-state index >= 15 is 0 Å². The van der Waals surface area contributed by atoms with Crippen LogP contribution in [0.1, 0.15) is 19.3 Å². The highest BCUT2D eigenvalue weighted by Crippen LogP contribution is 2.30. The molecule has 1 unspecified atom stereocenters. The Morgan fingerprint density at radius 3 is 2.82 bits per heavy atom. The molecule has 0 aromatic carbocycles. The molecule has 0 aromatic heterocycles. The topological polar surface area (TPSA) is 24.7 Å². The second-order valence-electron chi connectivity index (χ2n) is 4.08. The summed E-state index contributed by atoms with van der Waals surface area (Å²) in [6.45, 7) is 2.27. The van der Waals surface area contributed by atoms with Crippen LogP contribution in [-0.2, 0) is 0 Å². The number of aliphatic hydroxyl groups excluding tert-OH is 1. The predicted octanol–water partition coefficient (Wildman–Crippen LogP) is -0.546. The van der Waals surface area contributed by atoms with Crippen molar-refractivity contribution >= 4 is 0 Å². The Bertz CT molecular complexity index is 148. The van der Waals surface area contributed by atoms with E-state index in [9.17, 15) is 5.11 Å². The summed E-state index contributed by atoms with van der Waals surface area (Å²) in [5.41, 5.74) is 0. The SMILES string of the molecule is [CH2-][NH+]1C[C@H]2CCC[C@@H](O)[C@H]2C1. The lowest BCUT2D eigenvalue weighted by molar-refractivity contribution is -0.843. The van der Waals surface area contributed by atoms with Crippen molar-refractivity contribution in [1.29, 1.82) is 0 Å². The number of likely N-dealkylation sites (tertiary alicyclic amines) is 1. The third kappa shape index (κ3) is 1.30. The van der Waals surface area contributed by atoms with Gasteiger partial charge in [0, 0.05) is 11.8 Å². The largest absolute Gasteiger partial charge is 0.467 e. The molecule has 1 aliphatic carbocycles. The molecular formula is C9H17NO. The van der Waals surface area contributed by atoms with Gasteiger partial charge in [-0.05, 0) is 12.8 Å². The van der Waals surface area contributed by atoms with Gasteiger partial charge in [-0.1, -0.05) is 6.42 Å². The van der Waals surface area contributed by atoms with Gasteiger partial charge in [0.25, 0.3) is 0 Å². The molecule has 1 saturated carbocycles. The molecule has 0 radical (unpaired) electrons. The maximum atomic E-state index is 9.66. The van der Waals surface area contributed by atoms with Gasteiger partial charge in [-0.15, -0.1) is 0 Å². The predicted molar refractivity (Wildman–Crippen MR) is 42.9 cm³/mol. The van der Waals surface area contributed by atoms with E-state index in [1.54, 1.807) is 0 Å². The molecule has 2 fully saturated rings. The zero-order valence-electron chi connectivity index (χ0n) is 6.92. The Hall–Kier alpha value is -0.0800. The summed E-state index contributed by atoms with van der Waals surface area (Å²) in [6.07, 6.45) is 3.54. The fraction of sp³-hybridized carbons (Fsp3) is 0.889. The van der Waals surface area contributed by atoms with Gasteiger partial charge < -0.3 is 10.0 Å². The van der Waals surface area contributed by atoms with Gasteiger partial charge in [0.05, 0.1) is 19.2 Å². The first-order chi connectivity index (χ1) is 5.27. The fourth-order valence-electron chi connectivity index (χ4n) is 2.68. The smallest absolute Gasteiger partial charge is 0.0626 e. The molecule has 64 valence electrons. The van der Waals surface area contributed by atoms with Gasteiger partial charge in [-0.2, -0.15) is 7.05 Å². The first-order valence-corrected chi connectivity index (χ1v) is 4.62. The number of hydrogen-bond donors (Lipinski definition) is 2. The quantitative estimate of drug-likeness (QED) is 0.451. The molecule has 2 aliphatic rings. The molecule has 4 atom stereocenters. The summed E-state index contributed by atoms with van der Waals surface area (Å²) in [5.74, 6) is 1.34. The van der Waals surface area contributed by atoms with E-state index in [1.807, 2.05) is 0 Å². The first-order valence-electron chi connectivity index (χ1n) is 4.62. The van der Waals surface area contributed by atoms with Crippen LogP contribution < -0.4 is 4.90 Å². The number of fused-ring (bicyclic) bond motifs is 1. The van der Waals surface area contributed by atoms with Crippen molar-refractivity contribution in [1.82, 2.24) is 0 Å². The highest BCUT2D eigenvalue weighted by molar-refractivity contribution is 4.84. The zero-order chi connectivity index (χ0) is 7.84. The van der Waals surface area contributed by atoms with E-state index in [0.29, 0.717) is 5.92 Å². The van der Waals surface area contributed by atoms with Gasteiger partial charge in [0.15, 0.2) is 0 Å². The van der Waals surface area contributed by atoms with Crippen LogP contribution in [0.5, 0.6) is 0 Å². The Balaban J connectivity index is 2.03. The Morgan fingerprint density at radius 1 is 1.27 bits per heavy atom. The molecule has 0 amide bonds. The number of quaternary nitrogens is 1. The van der Waals surface area contributed by atoms with Crippen molar-refractivity contribution in [2.45, 2.75) is 25.4 Å². The minimum absolute atomic E-state index is 0.0204. The van der Waals surface area contributed by atoms with E-state index in [1.165, 1.54) is 24.3 Å². The molecule has 0 bridgehead atoms. The lowest BCUT2D eigenvalue weighted by Gasteiger charge is -2.26. The molecule has 1 saturated heterocycles. The summed E-state index contributed by atoms with van der Waals surface area (Å²) >= 11 is 0. The van der Waals surface area contributed by atoms with E-state index < -0.39 is 0 Å². The van der Waals surface area contributed by atoms with Gasteiger partial charge in [0.1, 0.15) is 0 Å². The maximum Gasteiger partial charge on any atom is 0.0626 e. The van der Waals surface area contributed by atoms with Gasteiger partial charge in [-0.25, -0.2) is 0 Å². The number of hydrogen-bond acceptors (Lipinski definition) is 1. The van der Waals surface area contributed by atoms with E-state index in [2.05, 4.69) is 7.05 Å². The monoisotopic (exact) mass is 155 g/mol. The van der Waals surface area contributed by atoms with E-state index in [-0.39, 0.29) is 6.10 Å². The lowest BCUT2D eigenvalue weighted by atomic mass is 9.80. The van der Waals surface area contributed by atoms with Crippen LogP contribution in [0.4, 0.5) is 0 Å². The third-order valence-electron chi connectivity index (χ3n) is 3.25. The highest BCUT2D eigenvalue weighted by Gasteiger charge is 2.39. The summed E-state index contributed by atoms with van der Waals surface area (Å²) in [6, 6.07) is 0. The second kappa shape index (κ2) is 2.76. The molecule has 2 N–H and O–H groups in total. The van der Waals surface area contributed by atoms with Crippen LogP contribution in [0.2, 0.25) is 0 Å². The standard InChI is InChI=1S/C9H17NO/c1-10-5-7-3-2-4-9(11)8(7)6-10/h7-11H,1-6H2/t7-,8+,9-/m1/s1. The van der Waals surface area contributed by atoms with Crippen LogP contribution in [0.3, 0.4) is 0 Å². The van der Waals surface area contributed by atoms with Crippen LogP contribution in [0.25, 0.3) is 0 Å². The van der Waals surface area contributed by atoms with Gasteiger partial charge in [-0.3, -0.25) is 0 Å². The Labute approximate surface area is 68.2 Å². The molecule has 2 nitrogen and oxygen atoms in total. The summed E-state index contributed by atoms with van der Waals surface area (Å²) in [5, 5.41) is 9.66. The van der Waals surface area contributed by atoms with E-state index in [0.717, 1.165) is 18.9 Å². The van der Waals surface area contributed by atoms with Gasteiger partial charge >= 0.3 is 0 Å². The zero-order valence-corrected chi connectivity index (χ0v) is 6.92. The first kappa shape index (κ1) is 7.56. The molecule has 2 heteroatoms. The summed E-state index contributed by atoms with van der Waals surface area (Å²) < 4.78 is 0. The molecule has 0 spiro atoms. The van der Waals surface area contributed by atoms with Crippen LogP contribution in [0, 0.1) is 18.9 Å². The molecule has 1 aliphatic heterocycles. The number of nitrogens with one attached hydrogen (secondary N) is 1. The van der Waals surface area contributed by atoms with Crippen molar-refractivity contribution in [2.75, 3.05) is 13.1 Å². The van der Waals surface area contributed by atoms with Crippen LogP contribution >= 0.6 is 0 Å². The third-order valence-corrected chi connectivity index (χ3v) is 3.25. The van der Waals surface area contributed by atoms with Crippen LogP contribution in [-0.4, -0.2) is 24.3 Å². The molecule has 2 rings (SSSR count). The molecular weight excluding hydrogens is 138 g/mol. The van der Waals surface area contributed by atoms with Crippen molar-refractivity contribution in [2.24, 2.45) is 11.8 Å². The van der Waals surface area contributed by atoms with Gasteiger partial charge in [0.2, 0.25) is 0 Å². The van der Waals surface area contributed by atoms with Crippen molar-refractivity contribution < 1.29 is 10.0 Å². The minimum atomic E-state index is -0.0204. The number of rotatable bonds is 0. The number of aliphatic hydroxyl groups is 1. The summed E-state index contributed by atoms with van der Waals surface area (Å²) in [7, 11) is 4.00. The fourth-order valence-corrected chi connectivity index (χ4v) is 2.68. The normalized spacial score (nSPS) is 50.7. The lowest BCUT2D eigenvalue weighted by Crippen LogP contribution is -3.05. The minimum Gasteiger partial charge on any atom is -0.467 e. The van der Waals surface area contributed by atoms with Crippen LogP contribution in [0.15, 0.2) is 0 Å². The Kier molecular flexibility index (Phi) is 1.90. The average molecular weight is 155 g/mol. The second-order valence-corrected chi connectivity index (χ2v) is 4.08. The molecule has 1 heterocycles. The molecule has 0 aromatic rings. The van der Waals surface area contributed by atoms with Crippen molar-refractivity contribution in [3.05, 3.63) is 7.05 Å².